The van der Waals surface area contributed by atoms with Crippen molar-refractivity contribution in [1.29, 1.82) is 0 Å². The summed E-state index contributed by atoms with van der Waals surface area (Å²) < 4.78 is 6.94. The number of hydrogen-bond donors (Lipinski definition) is 3. The Hall–Kier alpha value is -3.09. The maximum atomic E-state index is 11.9. The molecule has 1 aromatic heterocycles. The van der Waals surface area contributed by atoms with E-state index in [1.165, 1.54) is 0 Å². The average Bonchev–Trinajstić information content (AvgIpc) is 3.19. The molecule has 0 radical (unpaired) electrons. The van der Waals surface area contributed by atoms with Crippen molar-refractivity contribution in [2.24, 2.45) is 0 Å². The first kappa shape index (κ1) is 21.2. The van der Waals surface area contributed by atoms with E-state index in [2.05, 4.69) is 26.2 Å². The molecule has 0 aliphatic carbocycles. The first-order valence-electron chi connectivity index (χ1n) is 10.1. The summed E-state index contributed by atoms with van der Waals surface area (Å²) in [6, 6.07) is 22.9. The van der Waals surface area contributed by atoms with Gasteiger partial charge in [-0.1, -0.05) is 64.5 Å². The average molecular weight is 479 g/mol. The van der Waals surface area contributed by atoms with Crippen LogP contribution in [0.15, 0.2) is 83.5 Å². The van der Waals surface area contributed by atoms with Crippen LogP contribution in [0.25, 0.3) is 10.9 Å². The zero-order valence-corrected chi connectivity index (χ0v) is 18.4. The largest absolute Gasteiger partial charge is 0.489 e. The van der Waals surface area contributed by atoms with Gasteiger partial charge in [-0.3, -0.25) is 10.1 Å². The lowest BCUT2D eigenvalue weighted by Gasteiger charge is -2.17. The molecular weight excluding hydrogens is 456 g/mol. The maximum absolute atomic E-state index is 11.9. The van der Waals surface area contributed by atoms with E-state index in [0.717, 1.165) is 37.8 Å². The Balaban J connectivity index is 1.47. The molecule has 4 rings (SSSR count). The van der Waals surface area contributed by atoms with Gasteiger partial charge in [0.05, 0.1) is 0 Å². The van der Waals surface area contributed by atoms with Crippen LogP contribution in [0.3, 0.4) is 0 Å². The van der Waals surface area contributed by atoms with Crippen molar-refractivity contribution in [1.82, 2.24) is 10.3 Å². The van der Waals surface area contributed by atoms with Crippen molar-refractivity contribution in [2.75, 3.05) is 0 Å². The summed E-state index contributed by atoms with van der Waals surface area (Å²) in [5.74, 6) is -0.150. The zero-order valence-electron chi connectivity index (χ0n) is 16.8. The summed E-state index contributed by atoms with van der Waals surface area (Å²) in [6.07, 6.45) is 2.27. The van der Waals surface area contributed by atoms with Crippen molar-refractivity contribution >= 4 is 32.8 Å². The molecule has 1 atom stereocenters. The molecule has 0 bridgehead atoms. The summed E-state index contributed by atoms with van der Waals surface area (Å²) in [5, 5.41) is 14.0. The number of ether oxygens (including phenoxy) is 1. The Morgan fingerprint density at radius 3 is 2.61 bits per heavy atom. The van der Waals surface area contributed by atoms with Gasteiger partial charge in [0.2, 0.25) is 0 Å². The van der Waals surface area contributed by atoms with Crippen LogP contribution >= 0.6 is 15.9 Å². The second-order valence-electron chi connectivity index (χ2n) is 7.36. The third-order valence-electron chi connectivity index (χ3n) is 5.20. The van der Waals surface area contributed by atoms with E-state index in [1.54, 1.807) is 0 Å². The van der Waals surface area contributed by atoms with Gasteiger partial charge in [-0.05, 0) is 35.4 Å². The number of aromatic amines is 1. The minimum atomic E-state index is -0.882. The van der Waals surface area contributed by atoms with Crippen LogP contribution in [-0.4, -0.2) is 22.1 Å². The molecule has 3 N–H and O–H groups in total. The summed E-state index contributed by atoms with van der Waals surface area (Å²) in [7, 11) is 0. The Morgan fingerprint density at radius 1 is 1.03 bits per heavy atom. The topological polar surface area (TPSA) is 74.3 Å². The predicted octanol–water partition coefficient (Wildman–Crippen LogP) is 5.29. The van der Waals surface area contributed by atoms with Crippen LogP contribution in [0.2, 0.25) is 0 Å². The highest BCUT2D eigenvalue weighted by Gasteiger charge is 2.20. The minimum Gasteiger partial charge on any atom is -0.489 e. The van der Waals surface area contributed by atoms with E-state index in [4.69, 9.17) is 4.74 Å². The van der Waals surface area contributed by atoms with E-state index in [1.807, 2.05) is 79.0 Å². The van der Waals surface area contributed by atoms with Gasteiger partial charge >= 0.3 is 5.97 Å². The van der Waals surface area contributed by atoms with Crippen molar-refractivity contribution in [3.05, 3.63) is 100 Å². The van der Waals surface area contributed by atoms with Crippen molar-refractivity contribution in [3.8, 4) is 5.75 Å². The van der Waals surface area contributed by atoms with Crippen LogP contribution in [0.1, 0.15) is 16.7 Å². The van der Waals surface area contributed by atoms with Gasteiger partial charge in [-0.2, -0.15) is 0 Å². The van der Waals surface area contributed by atoms with Gasteiger partial charge < -0.3 is 14.8 Å². The number of carboxylic acids is 1. The highest BCUT2D eigenvalue weighted by molar-refractivity contribution is 9.10. The number of para-hydroxylation sites is 1. The Bertz CT molecular complexity index is 1170. The number of carboxylic acid groups (broad SMARTS) is 1. The minimum absolute atomic E-state index is 0.378. The SMILES string of the molecule is O=C(O)[C@@H](Cc1c[nH]c2ccccc12)NCc1cc(Br)ccc1OCc1ccccc1. The molecule has 6 heteroatoms. The van der Waals surface area contributed by atoms with E-state index >= 15 is 0 Å². The molecule has 31 heavy (non-hydrogen) atoms. The normalized spacial score (nSPS) is 12.0. The Labute approximate surface area is 189 Å². The fourth-order valence-corrected chi connectivity index (χ4v) is 3.97. The molecule has 0 aliphatic heterocycles. The number of hydrogen-bond acceptors (Lipinski definition) is 3. The van der Waals surface area contributed by atoms with E-state index < -0.39 is 12.0 Å². The number of nitrogens with one attached hydrogen (secondary N) is 2. The number of aromatic nitrogens is 1. The van der Waals surface area contributed by atoms with Crippen LogP contribution in [0.5, 0.6) is 5.75 Å². The van der Waals surface area contributed by atoms with Gasteiger partial charge in [-0.15, -0.1) is 0 Å². The van der Waals surface area contributed by atoms with Gasteiger partial charge in [-0.25, -0.2) is 0 Å². The lowest BCUT2D eigenvalue weighted by Crippen LogP contribution is -2.38. The standard InChI is InChI=1S/C25H23BrN2O3/c26-20-10-11-24(31-16-17-6-2-1-3-7-17)19(12-20)15-28-23(25(29)30)13-18-14-27-22-9-5-4-8-21(18)22/h1-12,14,23,27-28H,13,15-16H2,(H,29,30)/t23-/m1/s1. The number of fused-ring (bicyclic) bond motifs is 1. The smallest absolute Gasteiger partial charge is 0.321 e. The molecule has 0 aliphatic rings. The molecular formula is C25H23BrN2O3. The van der Waals surface area contributed by atoms with Crippen LogP contribution in [-0.2, 0) is 24.4 Å². The highest BCUT2D eigenvalue weighted by atomic mass is 79.9. The monoisotopic (exact) mass is 478 g/mol. The van der Waals surface area contributed by atoms with E-state index in [9.17, 15) is 9.90 Å². The fourth-order valence-electron chi connectivity index (χ4n) is 3.56. The first-order chi connectivity index (χ1) is 15.1. The lowest BCUT2D eigenvalue weighted by molar-refractivity contribution is -0.139. The van der Waals surface area contributed by atoms with Crippen LogP contribution in [0.4, 0.5) is 0 Å². The third kappa shape index (κ3) is 5.34. The number of carbonyl (C=O) groups is 1. The van der Waals surface area contributed by atoms with Crippen molar-refractivity contribution in [2.45, 2.75) is 25.6 Å². The third-order valence-corrected chi connectivity index (χ3v) is 5.69. The van der Waals surface area contributed by atoms with Gasteiger partial charge in [0.15, 0.2) is 0 Å². The lowest BCUT2D eigenvalue weighted by atomic mass is 10.0. The number of H-pyrrole nitrogens is 1. The van der Waals surface area contributed by atoms with Crippen molar-refractivity contribution < 1.29 is 14.6 Å². The molecule has 4 aromatic rings. The number of rotatable bonds is 9. The Morgan fingerprint density at radius 2 is 1.81 bits per heavy atom. The summed E-state index contributed by atoms with van der Waals surface area (Å²) in [4.78, 5) is 15.1. The van der Waals surface area contributed by atoms with Crippen LogP contribution in [0, 0.1) is 0 Å². The predicted molar refractivity (Wildman–Crippen MR) is 125 cm³/mol. The molecule has 158 valence electrons. The quantitative estimate of drug-likeness (QED) is 0.305. The molecule has 5 nitrogen and oxygen atoms in total. The second-order valence-corrected chi connectivity index (χ2v) is 8.28. The number of halogens is 1. The fraction of sp³-hybridized carbons (Fsp3) is 0.160. The molecule has 0 fully saturated rings. The van der Waals surface area contributed by atoms with E-state index in [0.29, 0.717) is 19.6 Å². The molecule has 0 saturated heterocycles. The highest BCUT2D eigenvalue weighted by Crippen LogP contribution is 2.25. The molecule has 0 amide bonds. The van der Waals surface area contributed by atoms with Crippen molar-refractivity contribution in [3.63, 3.8) is 0 Å². The van der Waals surface area contributed by atoms with Gasteiger partial charge in [0.25, 0.3) is 0 Å². The molecule has 0 spiro atoms. The molecule has 0 saturated carbocycles. The first-order valence-corrected chi connectivity index (χ1v) is 10.9. The van der Waals surface area contributed by atoms with E-state index in [-0.39, 0.29) is 0 Å². The molecule has 3 aromatic carbocycles. The molecule has 0 unspecified atom stereocenters. The van der Waals surface area contributed by atoms with Gasteiger partial charge in [0, 0.05) is 40.1 Å². The van der Waals surface area contributed by atoms with Crippen LogP contribution < -0.4 is 10.1 Å². The molecule has 1 heterocycles. The summed E-state index contributed by atoms with van der Waals surface area (Å²) >= 11 is 3.50. The maximum Gasteiger partial charge on any atom is 0.321 e. The zero-order chi connectivity index (χ0) is 21.6. The number of benzene rings is 3. The summed E-state index contributed by atoms with van der Waals surface area (Å²) in [6.45, 7) is 0.829. The summed E-state index contributed by atoms with van der Waals surface area (Å²) in [5.41, 5.74) is 3.96. The Kier molecular flexibility index (Phi) is 6.70. The number of aliphatic carboxylic acids is 1. The van der Waals surface area contributed by atoms with Gasteiger partial charge in [0.1, 0.15) is 18.4 Å². The second kappa shape index (κ2) is 9.81.